The van der Waals surface area contributed by atoms with Crippen molar-refractivity contribution in [1.82, 2.24) is 9.80 Å². The van der Waals surface area contributed by atoms with E-state index in [9.17, 15) is 0 Å². The summed E-state index contributed by atoms with van der Waals surface area (Å²) in [6.45, 7) is 6.48. The van der Waals surface area contributed by atoms with Gasteiger partial charge in [0.1, 0.15) is 12.4 Å². The summed E-state index contributed by atoms with van der Waals surface area (Å²) in [5, 5.41) is 4.49. The summed E-state index contributed by atoms with van der Waals surface area (Å²) in [7, 11) is 3.89. The van der Waals surface area contributed by atoms with Crippen LogP contribution in [0.2, 0.25) is 0 Å². The summed E-state index contributed by atoms with van der Waals surface area (Å²) in [6, 6.07) is 8.19. The number of likely N-dealkylation sites (N-methyl/N-ethyl adjacent to an activating group) is 1. The largest absolute Gasteiger partial charge is 0.497 e. The Bertz CT molecular complexity index is 631. The van der Waals surface area contributed by atoms with Crippen molar-refractivity contribution in [3.63, 3.8) is 0 Å². The third-order valence-corrected chi connectivity index (χ3v) is 5.42. The molecule has 1 heterocycles. The van der Waals surface area contributed by atoms with Crippen molar-refractivity contribution in [2.75, 3.05) is 53.5 Å². The molecule has 0 radical (unpaired) electrons. The Kier molecular flexibility index (Phi) is 7.72. The first-order chi connectivity index (χ1) is 13.2. The molecule has 5 nitrogen and oxygen atoms in total. The van der Waals surface area contributed by atoms with Gasteiger partial charge >= 0.3 is 0 Å². The first-order valence-corrected chi connectivity index (χ1v) is 10.2. The molecule has 148 valence electrons. The van der Waals surface area contributed by atoms with Crippen LogP contribution in [-0.2, 0) is 4.84 Å². The normalized spacial score (nSPS) is 22.3. The van der Waals surface area contributed by atoms with E-state index in [4.69, 9.17) is 9.57 Å². The van der Waals surface area contributed by atoms with Crippen molar-refractivity contribution in [1.29, 1.82) is 0 Å². The summed E-state index contributed by atoms with van der Waals surface area (Å²) in [5.74, 6) is 0.887. The number of nitrogens with zero attached hydrogens (tertiary/aromatic N) is 3. The van der Waals surface area contributed by atoms with E-state index in [1.165, 1.54) is 50.2 Å². The zero-order valence-electron chi connectivity index (χ0n) is 16.8. The second kappa shape index (κ2) is 10.5. The molecule has 1 aromatic carbocycles. The summed E-state index contributed by atoms with van der Waals surface area (Å²) < 4.78 is 5.24. The molecule has 0 amide bonds. The standard InChI is InChI=1S/C22H33N3O2/c1-24-13-15-25(16-14-24)12-5-17-27-23-22-7-4-3-6-20(22)18-19-8-10-21(26-2)11-9-19/h8-11,18H,3-7,12-17H2,1-2H3. The number of piperazine rings is 1. The third-order valence-electron chi connectivity index (χ3n) is 5.42. The van der Waals surface area contributed by atoms with Crippen molar-refractivity contribution in [2.24, 2.45) is 5.16 Å². The highest BCUT2D eigenvalue weighted by Gasteiger charge is 2.15. The first-order valence-electron chi connectivity index (χ1n) is 10.2. The molecule has 1 aromatic rings. The number of ether oxygens (including phenoxy) is 1. The van der Waals surface area contributed by atoms with Crippen LogP contribution in [-0.4, -0.2) is 69.0 Å². The fraction of sp³-hybridized carbons (Fsp3) is 0.591. The predicted octanol–water partition coefficient (Wildman–Crippen LogP) is 3.66. The molecule has 0 N–H and O–H groups in total. The molecule has 0 bridgehead atoms. The molecular weight excluding hydrogens is 338 g/mol. The monoisotopic (exact) mass is 371 g/mol. The zero-order chi connectivity index (χ0) is 18.9. The molecule has 2 fully saturated rings. The van der Waals surface area contributed by atoms with Gasteiger partial charge < -0.3 is 19.4 Å². The maximum atomic E-state index is 5.68. The third kappa shape index (κ3) is 6.36. The molecule has 1 aliphatic heterocycles. The van der Waals surface area contributed by atoms with Gasteiger partial charge in [-0.1, -0.05) is 17.3 Å². The summed E-state index contributed by atoms with van der Waals surface area (Å²) in [6.07, 6.45) is 7.80. The predicted molar refractivity (Wildman–Crippen MR) is 111 cm³/mol. The number of rotatable bonds is 7. The van der Waals surface area contributed by atoms with E-state index in [0.29, 0.717) is 6.61 Å². The Hall–Kier alpha value is -1.85. The minimum atomic E-state index is 0.700. The highest BCUT2D eigenvalue weighted by atomic mass is 16.6. The SMILES string of the molecule is COc1ccc(C=C2CCCCC2=NOCCCN2CCN(C)CC2)cc1. The Balaban J connectivity index is 1.48. The van der Waals surface area contributed by atoms with E-state index in [0.717, 1.165) is 37.3 Å². The van der Waals surface area contributed by atoms with Gasteiger partial charge in [-0.15, -0.1) is 0 Å². The highest BCUT2D eigenvalue weighted by molar-refractivity contribution is 6.04. The second-order valence-electron chi connectivity index (χ2n) is 7.52. The molecular formula is C22H33N3O2. The molecule has 1 saturated carbocycles. The lowest BCUT2D eigenvalue weighted by molar-refractivity contribution is 0.110. The molecule has 1 saturated heterocycles. The Morgan fingerprint density at radius 3 is 2.52 bits per heavy atom. The minimum absolute atomic E-state index is 0.700. The number of oxime groups is 1. The van der Waals surface area contributed by atoms with Gasteiger partial charge in [0.05, 0.1) is 12.8 Å². The number of methoxy groups -OCH3 is 1. The number of benzene rings is 1. The smallest absolute Gasteiger partial charge is 0.118 e. The van der Waals surface area contributed by atoms with Gasteiger partial charge in [-0.05, 0) is 68.5 Å². The first kappa shape index (κ1) is 19.9. The maximum Gasteiger partial charge on any atom is 0.118 e. The fourth-order valence-corrected chi connectivity index (χ4v) is 3.62. The van der Waals surface area contributed by atoms with Crippen LogP contribution in [0, 0.1) is 0 Å². The lowest BCUT2D eigenvalue weighted by atomic mass is 9.91. The molecule has 5 heteroatoms. The maximum absolute atomic E-state index is 5.68. The van der Waals surface area contributed by atoms with E-state index in [-0.39, 0.29) is 0 Å². The van der Waals surface area contributed by atoms with Crippen molar-refractivity contribution in [3.8, 4) is 5.75 Å². The average molecular weight is 372 g/mol. The van der Waals surface area contributed by atoms with Crippen LogP contribution in [0.4, 0.5) is 0 Å². The quantitative estimate of drug-likeness (QED) is 0.541. The van der Waals surface area contributed by atoms with Gasteiger partial charge in [0.15, 0.2) is 0 Å². The average Bonchev–Trinajstić information content (AvgIpc) is 2.71. The van der Waals surface area contributed by atoms with Gasteiger partial charge in [0, 0.05) is 32.7 Å². The lowest BCUT2D eigenvalue weighted by Crippen LogP contribution is -2.44. The molecule has 0 aromatic heterocycles. The van der Waals surface area contributed by atoms with Gasteiger partial charge in [-0.25, -0.2) is 0 Å². The van der Waals surface area contributed by atoms with Crippen molar-refractivity contribution < 1.29 is 9.57 Å². The molecule has 2 aliphatic rings. The van der Waals surface area contributed by atoms with Crippen LogP contribution in [0.5, 0.6) is 5.75 Å². The van der Waals surface area contributed by atoms with Crippen LogP contribution < -0.4 is 4.74 Å². The van der Waals surface area contributed by atoms with E-state index >= 15 is 0 Å². The number of allylic oxidation sites excluding steroid dienone is 1. The molecule has 0 atom stereocenters. The zero-order valence-corrected chi connectivity index (χ0v) is 16.8. The minimum Gasteiger partial charge on any atom is -0.497 e. The lowest BCUT2D eigenvalue weighted by Gasteiger charge is -2.32. The molecule has 0 unspecified atom stereocenters. The van der Waals surface area contributed by atoms with E-state index < -0.39 is 0 Å². The topological polar surface area (TPSA) is 37.3 Å². The van der Waals surface area contributed by atoms with Crippen LogP contribution in [0.15, 0.2) is 35.0 Å². The Morgan fingerprint density at radius 2 is 1.78 bits per heavy atom. The van der Waals surface area contributed by atoms with Gasteiger partial charge in [0.25, 0.3) is 0 Å². The van der Waals surface area contributed by atoms with Gasteiger partial charge in [-0.3, -0.25) is 0 Å². The fourth-order valence-electron chi connectivity index (χ4n) is 3.62. The van der Waals surface area contributed by atoms with E-state index in [2.05, 4.69) is 40.2 Å². The van der Waals surface area contributed by atoms with E-state index in [1.807, 2.05) is 12.1 Å². The van der Waals surface area contributed by atoms with Crippen molar-refractivity contribution in [2.45, 2.75) is 32.1 Å². The molecule has 3 rings (SSSR count). The summed E-state index contributed by atoms with van der Waals surface area (Å²) >= 11 is 0. The Labute approximate surface area is 163 Å². The number of hydrogen-bond acceptors (Lipinski definition) is 5. The van der Waals surface area contributed by atoms with Crippen LogP contribution in [0.25, 0.3) is 6.08 Å². The van der Waals surface area contributed by atoms with Crippen molar-refractivity contribution >= 4 is 11.8 Å². The molecule has 0 spiro atoms. The van der Waals surface area contributed by atoms with Gasteiger partial charge in [0.2, 0.25) is 0 Å². The van der Waals surface area contributed by atoms with Crippen LogP contribution in [0.1, 0.15) is 37.7 Å². The van der Waals surface area contributed by atoms with Crippen LogP contribution >= 0.6 is 0 Å². The molecule has 1 aliphatic carbocycles. The summed E-state index contributed by atoms with van der Waals surface area (Å²) in [5.41, 5.74) is 3.62. The van der Waals surface area contributed by atoms with E-state index in [1.54, 1.807) is 7.11 Å². The van der Waals surface area contributed by atoms with Gasteiger partial charge in [-0.2, -0.15) is 0 Å². The highest BCUT2D eigenvalue weighted by Crippen LogP contribution is 2.24. The summed E-state index contributed by atoms with van der Waals surface area (Å²) in [4.78, 5) is 10.6. The second-order valence-corrected chi connectivity index (χ2v) is 7.52. The van der Waals surface area contributed by atoms with Crippen molar-refractivity contribution in [3.05, 3.63) is 35.4 Å². The number of hydrogen-bond donors (Lipinski definition) is 0. The molecule has 27 heavy (non-hydrogen) atoms. The van der Waals surface area contributed by atoms with Crippen LogP contribution in [0.3, 0.4) is 0 Å². The Morgan fingerprint density at radius 1 is 1.04 bits per heavy atom.